The molecule has 17 heavy (non-hydrogen) atoms. The van der Waals surface area contributed by atoms with Crippen LogP contribution in [0.2, 0.25) is 0 Å². The van der Waals surface area contributed by atoms with Crippen molar-refractivity contribution in [1.82, 2.24) is 10.6 Å². The predicted molar refractivity (Wildman–Crippen MR) is 55.1 cm³/mol. The molecule has 4 N–H and O–H groups in total. The fourth-order valence-corrected chi connectivity index (χ4v) is 1.00. The van der Waals surface area contributed by atoms with E-state index in [0.717, 1.165) is 6.92 Å². The number of carboxylic acids is 2. The molecule has 0 radical (unpaired) electrons. The van der Waals surface area contributed by atoms with Crippen LogP contribution >= 0.6 is 0 Å². The van der Waals surface area contributed by atoms with Gasteiger partial charge in [-0.1, -0.05) is 0 Å². The highest BCUT2D eigenvalue weighted by atomic mass is 16.4. The maximum absolute atomic E-state index is 11.5. The van der Waals surface area contributed by atoms with E-state index in [0.29, 0.717) is 0 Å². The summed E-state index contributed by atoms with van der Waals surface area (Å²) in [6, 6.07) is -2.45. The number of aliphatic carboxylic acids is 2. The molecule has 0 aliphatic rings. The van der Waals surface area contributed by atoms with E-state index in [9.17, 15) is 19.2 Å². The van der Waals surface area contributed by atoms with Gasteiger partial charge in [0.2, 0.25) is 11.8 Å². The number of hydrogen-bond acceptors (Lipinski definition) is 4. The summed E-state index contributed by atoms with van der Waals surface area (Å²) in [4.78, 5) is 43.2. The molecule has 0 bridgehead atoms. The summed E-state index contributed by atoms with van der Waals surface area (Å²) in [5.41, 5.74) is 0. The van der Waals surface area contributed by atoms with Crippen LogP contribution < -0.4 is 10.6 Å². The third kappa shape index (κ3) is 6.13. The number of nitrogens with one attached hydrogen (secondary N) is 2. The summed E-state index contributed by atoms with van der Waals surface area (Å²) in [7, 11) is 0. The lowest BCUT2D eigenvalue weighted by molar-refractivity contribution is -0.142. The van der Waals surface area contributed by atoms with Crippen molar-refractivity contribution in [1.29, 1.82) is 0 Å². The second-order valence-corrected chi connectivity index (χ2v) is 3.42. The first-order valence-electron chi connectivity index (χ1n) is 4.76. The van der Waals surface area contributed by atoms with Gasteiger partial charge in [0.25, 0.3) is 0 Å². The van der Waals surface area contributed by atoms with Gasteiger partial charge in [0.05, 0.1) is 6.42 Å². The van der Waals surface area contributed by atoms with Crippen molar-refractivity contribution in [3.63, 3.8) is 0 Å². The maximum Gasteiger partial charge on any atom is 0.325 e. The third-order valence-corrected chi connectivity index (χ3v) is 1.80. The minimum Gasteiger partial charge on any atom is -0.481 e. The van der Waals surface area contributed by atoms with E-state index in [-0.39, 0.29) is 0 Å². The van der Waals surface area contributed by atoms with Gasteiger partial charge in [0.1, 0.15) is 12.1 Å². The molecule has 0 rings (SSSR count). The number of hydrogen-bond donors (Lipinski definition) is 4. The molecular formula is C9H14N2O6. The van der Waals surface area contributed by atoms with Crippen LogP contribution in [0.15, 0.2) is 0 Å². The molecule has 8 heteroatoms. The van der Waals surface area contributed by atoms with Gasteiger partial charge in [-0.15, -0.1) is 0 Å². The van der Waals surface area contributed by atoms with Crippen LogP contribution in [0.4, 0.5) is 0 Å². The van der Waals surface area contributed by atoms with Crippen LogP contribution in [-0.2, 0) is 19.2 Å². The summed E-state index contributed by atoms with van der Waals surface area (Å²) < 4.78 is 0. The summed E-state index contributed by atoms with van der Waals surface area (Å²) in [5.74, 6) is -3.95. The van der Waals surface area contributed by atoms with Gasteiger partial charge in [-0.25, -0.2) is 0 Å². The van der Waals surface area contributed by atoms with Crippen molar-refractivity contribution in [2.24, 2.45) is 0 Å². The molecule has 0 spiro atoms. The van der Waals surface area contributed by atoms with E-state index in [4.69, 9.17) is 10.2 Å². The van der Waals surface area contributed by atoms with Crippen molar-refractivity contribution in [2.45, 2.75) is 32.4 Å². The molecule has 2 amide bonds. The Kier molecular flexibility index (Phi) is 5.65. The van der Waals surface area contributed by atoms with Crippen molar-refractivity contribution in [3.8, 4) is 0 Å². The quantitative estimate of drug-likeness (QED) is 0.453. The van der Waals surface area contributed by atoms with E-state index >= 15 is 0 Å². The number of carboxylic acid groups (broad SMARTS) is 2. The van der Waals surface area contributed by atoms with E-state index in [2.05, 4.69) is 10.6 Å². The topological polar surface area (TPSA) is 133 Å². The summed E-state index contributed by atoms with van der Waals surface area (Å²) in [5, 5.41) is 21.3. The highest BCUT2D eigenvalue weighted by Crippen LogP contribution is 1.95. The lowest BCUT2D eigenvalue weighted by atomic mass is 10.1. The number of carbonyl (C=O) groups is 4. The van der Waals surface area contributed by atoms with Gasteiger partial charge in [0, 0.05) is 6.92 Å². The van der Waals surface area contributed by atoms with Crippen LogP contribution in [0.5, 0.6) is 0 Å². The average Bonchev–Trinajstić information content (AvgIpc) is 2.14. The molecule has 0 aliphatic heterocycles. The molecule has 96 valence electrons. The molecule has 0 saturated carbocycles. The monoisotopic (exact) mass is 246 g/mol. The SMILES string of the molecule is CC(=O)N[C@@H](CC(=O)O)C(=O)N[C@@H](C)C(=O)O. The van der Waals surface area contributed by atoms with Crippen LogP contribution in [-0.4, -0.2) is 46.0 Å². The first-order chi connectivity index (χ1) is 7.73. The lowest BCUT2D eigenvalue weighted by Gasteiger charge is -2.17. The summed E-state index contributed by atoms with van der Waals surface area (Å²) in [6.45, 7) is 2.36. The Bertz CT molecular complexity index is 324. The highest BCUT2D eigenvalue weighted by molar-refractivity contribution is 5.92. The Hall–Kier alpha value is -2.12. The van der Waals surface area contributed by atoms with E-state index in [1.807, 2.05) is 0 Å². The first-order valence-corrected chi connectivity index (χ1v) is 4.76. The Balaban J connectivity index is 4.57. The van der Waals surface area contributed by atoms with Crippen molar-refractivity contribution in [2.75, 3.05) is 0 Å². The number of carbonyl (C=O) groups excluding carboxylic acids is 2. The van der Waals surface area contributed by atoms with Crippen LogP contribution in [0, 0.1) is 0 Å². The minimum absolute atomic E-state index is 0.575. The Labute approximate surface area is 97.0 Å². The predicted octanol–water partition coefficient (Wildman–Crippen LogP) is -1.44. The molecule has 2 atom stereocenters. The molecule has 0 aromatic carbocycles. The Morgan fingerprint density at radius 1 is 1.12 bits per heavy atom. The van der Waals surface area contributed by atoms with Crippen molar-refractivity contribution < 1.29 is 29.4 Å². The standard InChI is InChI=1S/C9H14N2O6/c1-4(9(16)17)10-8(15)6(3-7(13)14)11-5(2)12/h4,6H,3H2,1-2H3,(H,10,15)(H,11,12)(H,13,14)(H,16,17)/t4-,6-/m0/s1. The van der Waals surface area contributed by atoms with Gasteiger partial charge < -0.3 is 20.8 Å². The van der Waals surface area contributed by atoms with Crippen LogP contribution in [0.25, 0.3) is 0 Å². The largest absolute Gasteiger partial charge is 0.481 e. The zero-order valence-electron chi connectivity index (χ0n) is 9.39. The molecule has 0 heterocycles. The molecule has 0 aromatic rings. The van der Waals surface area contributed by atoms with Crippen molar-refractivity contribution >= 4 is 23.8 Å². The van der Waals surface area contributed by atoms with Gasteiger partial charge >= 0.3 is 11.9 Å². The first kappa shape index (κ1) is 14.9. The maximum atomic E-state index is 11.5. The molecule has 0 saturated heterocycles. The minimum atomic E-state index is -1.29. The Morgan fingerprint density at radius 2 is 1.65 bits per heavy atom. The van der Waals surface area contributed by atoms with Gasteiger partial charge in [0.15, 0.2) is 0 Å². The molecule has 8 nitrogen and oxygen atoms in total. The lowest BCUT2D eigenvalue weighted by Crippen LogP contribution is -2.51. The van der Waals surface area contributed by atoms with Crippen LogP contribution in [0.3, 0.4) is 0 Å². The molecule has 0 aliphatic carbocycles. The third-order valence-electron chi connectivity index (χ3n) is 1.80. The molecule has 0 unspecified atom stereocenters. The average molecular weight is 246 g/mol. The summed E-state index contributed by atoms with van der Waals surface area (Å²) >= 11 is 0. The smallest absolute Gasteiger partial charge is 0.325 e. The molecule has 0 aromatic heterocycles. The zero-order valence-corrected chi connectivity index (χ0v) is 9.39. The molecule has 0 fully saturated rings. The molecular weight excluding hydrogens is 232 g/mol. The summed E-state index contributed by atoms with van der Waals surface area (Å²) in [6.07, 6.45) is -0.613. The Morgan fingerprint density at radius 3 is 2.00 bits per heavy atom. The van der Waals surface area contributed by atoms with E-state index in [1.54, 1.807) is 0 Å². The van der Waals surface area contributed by atoms with Gasteiger partial charge in [-0.2, -0.15) is 0 Å². The second-order valence-electron chi connectivity index (χ2n) is 3.42. The fraction of sp³-hybridized carbons (Fsp3) is 0.556. The van der Waals surface area contributed by atoms with Crippen molar-refractivity contribution in [3.05, 3.63) is 0 Å². The number of rotatable bonds is 6. The van der Waals surface area contributed by atoms with Gasteiger partial charge in [-0.05, 0) is 6.92 Å². The van der Waals surface area contributed by atoms with Gasteiger partial charge in [-0.3, -0.25) is 19.2 Å². The zero-order chi connectivity index (χ0) is 13.6. The number of amides is 2. The van der Waals surface area contributed by atoms with E-state index < -0.39 is 42.3 Å². The second kappa shape index (κ2) is 6.46. The fourth-order valence-electron chi connectivity index (χ4n) is 1.00. The van der Waals surface area contributed by atoms with E-state index in [1.165, 1.54) is 6.92 Å². The normalized spacial score (nSPS) is 13.3. The van der Waals surface area contributed by atoms with Crippen LogP contribution in [0.1, 0.15) is 20.3 Å². The highest BCUT2D eigenvalue weighted by Gasteiger charge is 2.25.